The van der Waals surface area contributed by atoms with Gasteiger partial charge in [-0.2, -0.15) is 5.26 Å². The van der Waals surface area contributed by atoms with Crippen LogP contribution in [-0.2, 0) is 16.1 Å². The van der Waals surface area contributed by atoms with Crippen molar-refractivity contribution >= 4 is 46.1 Å². The second kappa shape index (κ2) is 11.2. The van der Waals surface area contributed by atoms with E-state index in [4.69, 9.17) is 17.0 Å². The van der Waals surface area contributed by atoms with Gasteiger partial charge in [-0.15, -0.1) is 0 Å². The van der Waals surface area contributed by atoms with Crippen LogP contribution in [0.5, 0.6) is 0 Å². The van der Waals surface area contributed by atoms with Gasteiger partial charge in [-0.1, -0.05) is 24.0 Å². The van der Waals surface area contributed by atoms with Crippen LogP contribution in [0.25, 0.3) is 6.08 Å². The van der Waals surface area contributed by atoms with Crippen molar-refractivity contribution in [1.82, 2.24) is 14.4 Å². The summed E-state index contributed by atoms with van der Waals surface area (Å²) in [4.78, 5) is 32.9. The number of thiocarbonyl (C=S) groups is 1. The second-order valence-corrected chi connectivity index (χ2v) is 10.6. The number of aliphatic hydroxyl groups is 1. The summed E-state index contributed by atoms with van der Waals surface area (Å²) in [7, 11) is 0. The molecule has 3 saturated heterocycles. The Morgan fingerprint density at radius 3 is 2.63 bits per heavy atom. The molecule has 9 nitrogen and oxygen atoms in total. The number of aliphatic hydroxyl groups excluding tert-OH is 1. The number of carbonyl (C=O) groups excluding carboxylic acids is 1. The number of nitriles is 1. The summed E-state index contributed by atoms with van der Waals surface area (Å²) in [6.45, 7) is 8.77. The molecule has 188 valence electrons. The summed E-state index contributed by atoms with van der Waals surface area (Å²) in [5, 5.41) is 19.0. The summed E-state index contributed by atoms with van der Waals surface area (Å²) in [5.41, 5.74) is 1.05. The maximum Gasteiger partial charge on any atom is 0.270 e. The maximum absolute atomic E-state index is 13.3. The molecule has 1 aromatic heterocycles. The Kier molecular flexibility index (Phi) is 8.29. The van der Waals surface area contributed by atoms with Gasteiger partial charge in [-0.25, -0.2) is 0 Å². The van der Waals surface area contributed by atoms with E-state index in [0.29, 0.717) is 59.7 Å². The number of β-amino-alcohol motifs (C(OH)–C–C–N with tert-alkyl or cyclic N) is 1. The molecule has 3 fully saturated rings. The van der Waals surface area contributed by atoms with Gasteiger partial charge >= 0.3 is 0 Å². The molecule has 11 heteroatoms. The SMILES string of the molecule is CCn1c(N2CCN(CCO)CC2)c(/C=C2\SC(=S)N(CC3CCCO3)C2=O)c(C)c(C#N)c1=O. The number of carbonyl (C=O) groups is 1. The Hall–Kier alpha value is -2.23. The topological polar surface area (TPSA) is 102 Å². The number of ether oxygens (including phenoxy) is 1. The average Bonchev–Trinajstić information content (AvgIpc) is 3.46. The number of hydrogen-bond donors (Lipinski definition) is 1. The quantitative estimate of drug-likeness (QED) is 0.426. The fraction of sp³-hybridized carbons (Fsp3) is 0.583. The summed E-state index contributed by atoms with van der Waals surface area (Å²) in [6.07, 6.45) is 3.69. The number of pyridine rings is 1. The summed E-state index contributed by atoms with van der Waals surface area (Å²) >= 11 is 6.77. The minimum Gasteiger partial charge on any atom is -0.395 e. The molecule has 0 bridgehead atoms. The van der Waals surface area contributed by atoms with E-state index in [2.05, 4.69) is 15.9 Å². The van der Waals surface area contributed by atoms with Crippen LogP contribution in [-0.4, -0.2) is 88.3 Å². The fourth-order valence-corrected chi connectivity index (χ4v) is 6.14. The second-order valence-electron chi connectivity index (χ2n) is 8.88. The van der Waals surface area contributed by atoms with Crippen LogP contribution in [0.15, 0.2) is 9.70 Å². The Labute approximate surface area is 214 Å². The molecule has 0 radical (unpaired) electrons. The van der Waals surface area contributed by atoms with Crippen molar-refractivity contribution < 1.29 is 14.6 Å². The molecule has 0 spiro atoms. The van der Waals surface area contributed by atoms with Crippen molar-refractivity contribution in [1.29, 1.82) is 5.26 Å². The molecule has 35 heavy (non-hydrogen) atoms. The van der Waals surface area contributed by atoms with E-state index in [-0.39, 0.29) is 29.7 Å². The molecule has 1 unspecified atom stereocenters. The minimum atomic E-state index is -0.316. The largest absolute Gasteiger partial charge is 0.395 e. The smallest absolute Gasteiger partial charge is 0.270 e. The third-order valence-corrected chi connectivity index (χ3v) is 8.19. The Bertz CT molecular complexity index is 1130. The van der Waals surface area contributed by atoms with Crippen LogP contribution in [0.1, 0.15) is 36.5 Å². The van der Waals surface area contributed by atoms with Crippen LogP contribution in [0, 0.1) is 18.3 Å². The highest BCUT2D eigenvalue weighted by Crippen LogP contribution is 2.36. The van der Waals surface area contributed by atoms with Gasteiger partial charge in [0.1, 0.15) is 21.8 Å². The summed E-state index contributed by atoms with van der Waals surface area (Å²) in [5.74, 6) is 0.559. The molecule has 4 rings (SSSR count). The van der Waals surface area contributed by atoms with Gasteiger partial charge in [-0.3, -0.25) is 24.0 Å². The highest BCUT2D eigenvalue weighted by atomic mass is 32.2. The first-order valence-corrected chi connectivity index (χ1v) is 13.2. The predicted molar refractivity (Wildman–Crippen MR) is 140 cm³/mol. The number of amides is 1. The molecule has 0 aliphatic carbocycles. The number of anilines is 1. The standard InChI is InChI=1S/C24H31N5O4S2/c1-3-28-21(27-8-6-26(7-9-27)10-11-30)18(16(2)19(14-25)22(28)31)13-20-23(32)29(24(34)35-20)15-17-5-4-12-33-17/h13,17,30H,3-12,15H2,1-2H3/b20-13-. The molecular formula is C24H31N5O4S2. The van der Waals surface area contributed by atoms with Crippen molar-refractivity contribution in [2.24, 2.45) is 0 Å². The Morgan fingerprint density at radius 2 is 2.03 bits per heavy atom. The van der Waals surface area contributed by atoms with E-state index in [1.807, 2.05) is 6.92 Å². The lowest BCUT2D eigenvalue weighted by molar-refractivity contribution is -0.123. The van der Waals surface area contributed by atoms with Gasteiger partial charge in [0.05, 0.1) is 24.2 Å². The number of thioether (sulfide) groups is 1. The molecule has 1 aromatic rings. The van der Waals surface area contributed by atoms with E-state index in [1.165, 1.54) is 11.8 Å². The lowest BCUT2D eigenvalue weighted by atomic mass is 10.0. The normalized spacial score (nSPS) is 22.5. The lowest BCUT2D eigenvalue weighted by Crippen LogP contribution is -2.49. The highest BCUT2D eigenvalue weighted by molar-refractivity contribution is 8.26. The average molecular weight is 518 g/mol. The van der Waals surface area contributed by atoms with Gasteiger partial charge in [0.15, 0.2) is 0 Å². The van der Waals surface area contributed by atoms with E-state index in [0.717, 1.165) is 31.7 Å². The fourth-order valence-electron chi connectivity index (χ4n) is 4.88. The van der Waals surface area contributed by atoms with Gasteiger partial charge < -0.3 is 14.7 Å². The van der Waals surface area contributed by atoms with Crippen molar-refractivity contribution in [2.45, 2.75) is 39.3 Å². The molecule has 4 heterocycles. The molecular weight excluding hydrogens is 486 g/mol. The van der Waals surface area contributed by atoms with Crippen LogP contribution >= 0.6 is 24.0 Å². The van der Waals surface area contributed by atoms with Gasteiger partial charge in [-0.05, 0) is 38.3 Å². The summed E-state index contributed by atoms with van der Waals surface area (Å²) < 4.78 is 7.83. The number of hydrogen-bond acceptors (Lipinski definition) is 9. The zero-order valence-electron chi connectivity index (χ0n) is 20.2. The Morgan fingerprint density at radius 1 is 1.29 bits per heavy atom. The predicted octanol–water partition coefficient (Wildman–Crippen LogP) is 1.54. The Balaban J connectivity index is 1.74. The third-order valence-electron chi connectivity index (χ3n) is 6.81. The highest BCUT2D eigenvalue weighted by Gasteiger charge is 2.35. The first-order chi connectivity index (χ1) is 16.9. The maximum atomic E-state index is 13.3. The van der Waals surface area contributed by atoms with Crippen molar-refractivity contribution in [2.75, 3.05) is 57.4 Å². The van der Waals surface area contributed by atoms with Crippen LogP contribution in [0.2, 0.25) is 0 Å². The van der Waals surface area contributed by atoms with Crippen LogP contribution in [0.4, 0.5) is 5.82 Å². The molecule has 0 saturated carbocycles. The molecule has 1 N–H and O–H groups in total. The van der Waals surface area contributed by atoms with E-state index in [1.54, 1.807) is 22.5 Å². The monoisotopic (exact) mass is 517 g/mol. The number of piperazine rings is 1. The first-order valence-electron chi connectivity index (χ1n) is 12.0. The van der Waals surface area contributed by atoms with Gasteiger partial charge in [0, 0.05) is 51.4 Å². The number of aromatic nitrogens is 1. The van der Waals surface area contributed by atoms with Gasteiger partial charge in [0.25, 0.3) is 11.5 Å². The van der Waals surface area contributed by atoms with Crippen LogP contribution in [0.3, 0.4) is 0 Å². The van der Waals surface area contributed by atoms with E-state index >= 15 is 0 Å². The number of rotatable bonds is 7. The van der Waals surface area contributed by atoms with Crippen molar-refractivity contribution in [3.05, 3.63) is 31.9 Å². The molecule has 3 aliphatic heterocycles. The first kappa shape index (κ1) is 25.9. The minimum absolute atomic E-state index is 0.00319. The van der Waals surface area contributed by atoms with Crippen LogP contribution < -0.4 is 10.5 Å². The van der Waals surface area contributed by atoms with Crippen molar-refractivity contribution in [3.8, 4) is 6.07 Å². The molecule has 1 atom stereocenters. The lowest BCUT2D eigenvalue weighted by Gasteiger charge is -2.37. The number of nitrogens with zero attached hydrogens (tertiary/aromatic N) is 5. The van der Waals surface area contributed by atoms with E-state index in [9.17, 15) is 20.0 Å². The molecule has 0 aromatic carbocycles. The zero-order valence-corrected chi connectivity index (χ0v) is 21.8. The summed E-state index contributed by atoms with van der Waals surface area (Å²) in [6, 6.07) is 2.07. The molecule has 1 amide bonds. The van der Waals surface area contributed by atoms with Gasteiger partial charge in [0.2, 0.25) is 0 Å². The third kappa shape index (κ3) is 5.17. The zero-order chi connectivity index (χ0) is 25.1. The van der Waals surface area contributed by atoms with Crippen molar-refractivity contribution in [3.63, 3.8) is 0 Å². The molecule has 3 aliphatic rings. The van der Waals surface area contributed by atoms with E-state index < -0.39 is 0 Å².